The fraction of sp³-hybridized carbons (Fsp3) is 0.609. The van der Waals surface area contributed by atoms with E-state index in [1.165, 1.54) is 12.5 Å². The van der Waals surface area contributed by atoms with E-state index < -0.39 is 0 Å². The highest BCUT2D eigenvalue weighted by Gasteiger charge is 2.31. The molecule has 8 heteroatoms. The fourth-order valence-electron chi connectivity index (χ4n) is 4.27. The van der Waals surface area contributed by atoms with Crippen molar-refractivity contribution < 1.29 is 14.0 Å². The first-order valence-corrected chi connectivity index (χ1v) is 11.3. The Kier molecular flexibility index (Phi) is 8.26. The number of carbonyl (C=O) groups excluding carboxylic acids is 2. The molecule has 0 spiro atoms. The van der Waals surface area contributed by atoms with Gasteiger partial charge < -0.3 is 20.9 Å². The SMILES string of the molecule is CN=C(NCCNC(=O)c1ccc(C)c(F)c1)NC1CCN(C(=O)C2CCCCC2)C1. The van der Waals surface area contributed by atoms with E-state index in [1.807, 2.05) is 4.90 Å². The van der Waals surface area contributed by atoms with Gasteiger partial charge in [-0.05, 0) is 43.9 Å². The first kappa shape index (κ1) is 23.0. The standard InChI is InChI=1S/C23H34FN5O2/c1-16-8-9-18(14-20(16)24)21(30)26-11-12-27-23(25-2)28-19-10-13-29(15-19)22(31)17-6-4-3-5-7-17/h8-9,14,17,19H,3-7,10-13,15H2,1-2H3,(H,26,30)(H2,25,27,28). The Morgan fingerprint density at radius 2 is 1.87 bits per heavy atom. The number of benzene rings is 1. The lowest BCUT2D eigenvalue weighted by Gasteiger charge is -2.26. The van der Waals surface area contributed by atoms with Gasteiger partial charge in [-0.2, -0.15) is 0 Å². The normalized spacial score (nSPS) is 19.9. The maximum absolute atomic E-state index is 13.6. The van der Waals surface area contributed by atoms with E-state index in [1.54, 1.807) is 26.1 Å². The first-order valence-electron chi connectivity index (χ1n) is 11.3. The van der Waals surface area contributed by atoms with Crippen LogP contribution in [0, 0.1) is 18.7 Å². The molecule has 0 bridgehead atoms. The van der Waals surface area contributed by atoms with Crippen LogP contribution in [0.2, 0.25) is 0 Å². The maximum atomic E-state index is 13.6. The predicted molar refractivity (Wildman–Crippen MR) is 120 cm³/mol. The average Bonchev–Trinajstić information content (AvgIpc) is 3.26. The van der Waals surface area contributed by atoms with Crippen molar-refractivity contribution in [2.45, 2.75) is 51.5 Å². The molecule has 0 aromatic heterocycles. The third kappa shape index (κ3) is 6.42. The van der Waals surface area contributed by atoms with Crippen LogP contribution in [0.15, 0.2) is 23.2 Å². The van der Waals surface area contributed by atoms with E-state index in [2.05, 4.69) is 20.9 Å². The van der Waals surface area contributed by atoms with Crippen LogP contribution in [-0.2, 0) is 4.79 Å². The van der Waals surface area contributed by atoms with E-state index in [4.69, 9.17) is 0 Å². The number of aryl methyl sites for hydroxylation is 1. The lowest BCUT2D eigenvalue weighted by molar-refractivity contribution is -0.135. The van der Waals surface area contributed by atoms with Crippen LogP contribution in [0.1, 0.15) is 54.4 Å². The zero-order chi connectivity index (χ0) is 22.2. The summed E-state index contributed by atoms with van der Waals surface area (Å²) in [5.41, 5.74) is 0.818. The molecule has 1 aliphatic carbocycles. The van der Waals surface area contributed by atoms with Crippen molar-refractivity contribution in [3.05, 3.63) is 35.1 Å². The largest absolute Gasteiger partial charge is 0.355 e. The number of nitrogens with one attached hydrogen (secondary N) is 3. The highest BCUT2D eigenvalue weighted by molar-refractivity contribution is 5.94. The molecular weight excluding hydrogens is 397 g/mol. The van der Waals surface area contributed by atoms with Crippen molar-refractivity contribution in [2.75, 3.05) is 33.2 Å². The Balaban J connectivity index is 1.37. The molecule has 3 N–H and O–H groups in total. The molecule has 0 radical (unpaired) electrons. The third-order valence-corrected chi connectivity index (χ3v) is 6.16. The second kappa shape index (κ2) is 11.1. The minimum Gasteiger partial charge on any atom is -0.355 e. The van der Waals surface area contributed by atoms with Crippen molar-refractivity contribution in [3.8, 4) is 0 Å². The number of rotatable bonds is 6. The smallest absolute Gasteiger partial charge is 0.251 e. The van der Waals surface area contributed by atoms with Gasteiger partial charge in [0, 0.05) is 50.7 Å². The molecule has 1 saturated heterocycles. The lowest BCUT2D eigenvalue weighted by atomic mass is 9.88. The molecule has 1 aliphatic heterocycles. The number of hydrogen-bond acceptors (Lipinski definition) is 3. The number of halogens is 1. The summed E-state index contributed by atoms with van der Waals surface area (Å²) in [6.45, 7) is 4.01. The first-order chi connectivity index (χ1) is 15.0. The van der Waals surface area contributed by atoms with E-state index in [9.17, 15) is 14.0 Å². The third-order valence-electron chi connectivity index (χ3n) is 6.16. The predicted octanol–water partition coefficient (Wildman–Crippen LogP) is 2.21. The van der Waals surface area contributed by atoms with Gasteiger partial charge in [0.25, 0.3) is 5.91 Å². The Morgan fingerprint density at radius 1 is 1.13 bits per heavy atom. The van der Waals surface area contributed by atoms with E-state index in [0.29, 0.717) is 42.6 Å². The van der Waals surface area contributed by atoms with E-state index >= 15 is 0 Å². The van der Waals surface area contributed by atoms with Crippen molar-refractivity contribution in [2.24, 2.45) is 10.9 Å². The molecule has 7 nitrogen and oxygen atoms in total. The van der Waals surface area contributed by atoms with Gasteiger partial charge in [-0.1, -0.05) is 25.3 Å². The zero-order valence-corrected chi connectivity index (χ0v) is 18.5. The quantitative estimate of drug-likeness (QED) is 0.366. The van der Waals surface area contributed by atoms with Crippen LogP contribution in [0.25, 0.3) is 0 Å². The van der Waals surface area contributed by atoms with Crippen LogP contribution in [-0.4, -0.2) is 61.9 Å². The number of carbonyl (C=O) groups is 2. The Bertz CT molecular complexity index is 807. The average molecular weight is 432 g/mol. The number of guanidine groups is 1. The molecule has 3 rings (SSSR count). The van der Waals surface area contributed by atoms with Gasteiger partial charge in [-0.15, -0.1) is 0 Å². The Morgan fingerprint density at radius 3 is 2.58 bits per heavy atom. The van der Waals surface area contributed by atoms with Crippen molar-refractivity contribution in [1.82, 2.24) is 20.9 Å². The second-order valence-corrected chi connectivity index (χ2v) is 8.47. The molecule has 31 heavy (non-hydrogen) atoms. The summed E-state index contributed by atoms with van der Waals surface area (Å²) in [5, 5.41) is 9.32. The Labute approximate surface area is 183 Å². The summed E-state index contributed by atoms with van der Waals surface area (Å²) in [6.07, 6.45) is 6.53. The van der Waals surface area contributed by atoms with E-state index in [0.717, 1.165) is 38.6 Å². The van der Waals surface area contributed by atoms with E-state index in [-0.39, 0.29) is 23.7 Å². The lowest BCUT2D eigenvalue weighted by Crippen LogP contribution is -2.47. The molecule has 1 unspecified atom stereocenters. The highest BCUT2D eigenvalue weighted by Crippen LogP contribution is 2.26. The minimum absolute atomic E-state index is 0.170. The van der Waals surface area contributed by atoms with Gasteiger partial charge in [0.1, 0.15) is 5.82 Å². The molecule has 2 amide bonds. The molecule has 2 aliphatic rings. The van der Waals surface area contributed by atoms with Gasteiger partial charge in [0.2, 0.25) is 5.91 Å². The van der Waals surface area contributed by atoms with Crippen LogP contribution < -0.4 is 16.0 Å². The monoisotopic (exact) mass is 431 g/mol. The second-order valence-electron chi connectivity index (χ2n) is 8.47. The molecule has 1 aromatic rings. The van der Waals surface area contributed by atoms with Gasteiger partial charge in [0.15, 0.2) is 5.96 Å². The molecule has 1 heterocycles. The highest BCUT2D eigenvalue weighted by atomic mass is 19.1. The topological polar surface area (TPSA) is 85.8 Å². The number of amides is 2. The summed E-state index contributed by atoms with van der Waals surface area (Å²) in [7, 11) is 1.70. The maximum Gasteiger partial charge on any atom is 0.251 e. The fourth-order valence-corrected chi connectivity index (χ4v) is 4.27. The molecular formula is C23H34FN5O2. The summed E-state index contributed by atoms with van der Waals surface area (Å²) >= 11 is 0. The van der Waals surface area contributed by atoms with Gasteiger partial charge in [-0.3, -0.25) is 14.6 Å². The van der Waals surface area contributed by atoms with Crippen LogP contribution in [0.4, 0.5) is 4.39 Å². The number of likely N-dealkylation sites (tertiary alicyclic amines) is 1. The van der Waals surface area contributed by atoms with Crippen molar-refractivity contribution >= 4 is 17.8 Å². The van der Waals surface area contributed by atoms with Crippen LogP contribution >= 0.6 is 0 Å². The number of nitrogens with zero attached hydrogens (tertiary/aromatic N) is 2. The number of hydrogen-bond donors (Lipinski definition) is 3. The summed E-state index contributed by atoms with van der Waals surface area (Å²) < 4.78 is 13.6. The molecule has 170 valence electrons. The van der Waals surface area contributed by atoms with Crippen LogP contribution in [0.5, 0.6) is 0 Å². The van der Waals surface area contributed by atoms with Gasteiger partial charge in [-0.25, -0.2) is 4.39 Å². The minimum atomic E-state index is -0.386. The molecule has 2 fully saturated rings. The molecule has 1 atom stereocenters. The zero-order valence-electron chi connectivity index (χ0n) is 18.5. The Hall–Kier alpha value is -2.64. The number of aliphatic imine (C=N–C) groups is 1. The van der Waals surface area contributed by atoms with Gasteiger partial charge in [0.05, 0.1) is 0 Å². The summed E-state index contributed by atoms with van der Waals surface area (Å²) in [6, 6.07) is 4.63. The molecule has 1 aromatic carbocycles. The summed E-state index contributed by atoms with van der Waals surface area (Å²) in [5.74, 6) is 0.463. The van der Waals surface area contributed by atoms with Gasteiger partial charge >= 0.3 is 0 Å². The van der Waals surface area contributed by atoms with Crippen LogP contribution in [0.3, 0.4) is 0 Å². The van der Waals surface area contributed by atoms with Crippen molar-refractivity contribution in [1.29, 1.82) is 0 Å². The summed E-state index contributed by atoms with van der Waals surface area (Å²) in [4.78, 5) is 31.1. The molecule has 1 saturated carbocycles. The van der Waals surface area contributed by atoms with Crippen molar-refractivity contribution in [3.63, 3.8) is 0 Å².